The lowest BCUT2D eigenvalue weighted by atomic mass is 10.0. The molecule has 6 aromatic rings. The highest BCUT2D eigenvalue weighted by Gasteiger charge is 2.23. The molecule has 22 nitrogen and oxygen atoms in total. The van der Waals surface area contributed by atoms with Crippen molar-refractivity contribution in [1.82, 2.24) is 51.3 Å². The lowest BCUT2D eigenvalue weighted by molar-refractivity contribution is 0.0932. The fourth-order valence-electron chi connectivity index (χ4n) is 7.02. The largest absolute Gasteiger partial charge is 0.493 e. The number of nitriles is 2. The highest BCUT2D eigenvalue weighted by molar-refractivity contribution is 5.99. The first kappa shape index (κ1) is 53.8. The van der Waals surface area contributed by atoms with Crippen LogP contribution in [0.15, 0.2) is 85.2 Å². The minimum Gasteiger partial charge on any atom is -0.493 e. The number of nitrogens with zero attached hydrogens (tertiary/aromatic N) is 8. The van der Waals surface area contributed by atoms with Crippen LogP contribution in [0.5, 0.6) is 34.5 Å². The van der Waals surface area contributed by atoms with Gasteiger partial charge < -0.3 is 49.7 Å². The normalized spacial score (nSPS) is 11.2. The molecular weight excluding hydrogens is 929 g/mol. The second-order valence-corrected chi connectivity index (χ2v) is 15.3. The number of carbonyl (C=O) groups is 4. The van der Waals surface area contributed by atoms with Gasteiger partial charge in [-0.15, -0.1) is 10.2 Å². The molecule has 22 heteroatoms. The molecular formula is C50H56N12O10. The Hall–Kier alpha value is -9.18. The number of hydrogen-bond donors (Lipinski definition) is 4. The Morgan fingerprint density at radius 3 is 1.18 bits per heavy atom. The summed E-state index contributed by atoms with van der Waals surface area (Å²) in [6.45, 7) is 5.04. The molecule has 4 N–H and O–H groups in total. The third-order valence-electron chi connectivity index (χ3n) is 10.9. The first-order valence-corrected chi connectivity index (χ1v) is 22.4. The summed E-state index contributed by atoms with van der Waals surface area (Å²) < 4.78 is 34.6. The first-order valence-electron chi connectivity index (χ1n) is 22.4. The molecule has 4 aromatic carbocycles. The smallest absolute Gasteiger partial charge is 0.274 e. The Labute approximate surface area is 416 Å². The van der Waals surface area contributed by atoms with Crippen LogP contribution in [-0.4, -0.2) is 109 Å². The standard InChI is InChI=1S/2C25H28N6O5/c2*1-5-16-6-8-17(9-7-16)19(14-26)28-25(33)20-15-31(30-29-20)13-12-27-24(32)18-10-11-21(34-2)23(36-4)22(18)35-3/h2*6-11,15,19H,5,12-13H2,1-4H3,(H,27,32)(H,28,33)/t2*19-/m10/s1. The quantitative estimate of drug-likeness (QED) is 0.0724. The highest BCUT2D eigenvalue weighted by atomic mass is 16.5. The summed E-state index contributed by atoms with van der Waals surface area (Å²) in [4.78, 5) is 50.6. The summed E-state index contributed by atoms with van der Waals surface area (Å²) in [5, 5.41) is 45.5. The van der Waals surface area contributed by atoms with Crippen molar-refractivity contribution in [2.75, 3.05) is 55.7 Å². The maximum atomic E-state index is 12.7. The topological polar surface area (TPSA) is 281 Å². The molecule has 0 spiro atoms. The van der Waals surface area contributed by atoms with Crippen molar-refractivity contribution in [3.63, 3.8) is 0 Å². The van der Waals surface area contributed by atoms with Crippen LogP contribution in [0.3, 0.4) is 0 Å². The third kappa shape index (κ3) is 13.5. The first-order chi connectivity index (χ1) is 34.9. The molecule has 0 saturated carbocycles. The predicted octanol–water partition coefficient (Wildman–Crippen LogP) is 4.58. The van der Waals surface area contributed by atoms with E-state index in [0.717, 1.165) is 24.0 Å². The number of amides is 4. The Kier molecular flexibility index (Phi) is 19.8. The molecule has 0 aliphatic carbocycles. The van der Waals surface area contributed by atoms with E-state index in [1.165, 1.54) is 64.4 Å². The van der Waals surface area contributed by atoms with Crippen LogP contribution in [0.2, 0.25) is 0 Å². The molecule has 2 aromatic heterocycles. The average molecular weight is 985 g/mol. The van der Waals surface area contributed by atoms with Crippen LogP contribution in [-0.2, 0) is 25.9 Å². The second-order valence-electron chi connectivity index (χ2n) is 15.3. The predicted molar refractivity (Wildman–Crippen MR) is 260 cm³/mol. The van der Waals surface area contributed by atoms with Gasteiger partial charge in [-0.3, -0.25) is 19.2 Å². The molecule has 0 radical (unpaired) electrons. The van der Waals surface area contributed by atoms with Gasteiger partial charge in [0, 0.05) is 13.1 Å². The summed E-state index contributed by atoms with van der Waals surface area (Å²) in [6.07, 6.45) is 4.67. The Balaban J connectivity index is 0.000000267. The molecule has 2 heterocycles. The lowest BCUT2D eigenvalue weighted by Crippen LogP contribution is -2.28. The zero-order chi connectivity index (χ0) is 52.2. The van der Waals surface area contributed by atoms with Crippen LogP contribution in [0.1, 0.15) is 89.9 Å². The summed E-state index contributed by atoms with van der Waals surface area (Å²) in [7, 11) is 8.78. The monoisotopic (exact) mass is 984 g/mol. The van der Waals surface area contributed by atoms with Crippen LogP contribution >= 0.6 is 0 Å². The van der Waals surface area contributed by atoms with Crippen molar-refractivity contribution in [1.29, 1.82) is 10.5 Å². The van der Waals surface area contributed by atoms with Gasteiger partial charge in [-0.2, -0.15) is 10.5 Å². The van der Waals surface area contributed by atoms with Crippen LogP contribution < -0.4 is 49.7 Å². The van der Waals surface area contributed by atoms with Crippen molar-refractivity contribution < 1.29 is 47.6 Å². The van der Waals surface area contributed by atoms with Crippen LogP contribution in [0.4, 0.5) is 0 Å². The van der Waals surface area contributed by atoms with E-state index < -0.39 is 23.9 Å². The van der Waals surface area contributed by atoms with Crippen molar-refractivity contribution in [2.45, 2.75) is 51.9 Å². The van der Waals surface area contributed by atoms with Gasteiger partial charge in [-0.1, -0.05) is 72.8 Å². The van der Waals surface area contributed by atoms with E-state index in [0.29, 0.717) is 34.1 Å². The molecule has 4 amide bonds. The summed E-state index contributed by atoms with van der Waals surface area (Å²) in [6, 6.07) is 23.9. The number of benzene rings is 4. The van der Waals surface area contributed by atoms with E-state index in [4.69, 9.17) is 28.4 Å². The van der Waals surface area contributed by atoms with E-state index >= 15 is 0 Å². The number of rotatable bonds is 22. The molecule has 72 heavy (non-hydrogen) atoms. The van der Waals surface area contributed by atoms with Gasteiger partial charge in [0.05, 0.1) is 91.4 Å². The minimum absolute atomic E-state index is 0.0633. The van der Waals surface area contributed by atoms with Crippen LogP contribution in [0, 0.1) is 22.7 Å². The maximum Gasteiger partial charge on any atom is 0.274 e. The molecule has 376 valence electrons. The SMILES string of the molecule is CCc1ccc([C@@H](C#N)NC(=O)c2cn(CCNC(=O)c3ccc(OC)c(OC)c3OC)nn2)cc1.CCc1ccc([C@H](C#N)NC(=O)c2cn(CCNC(=O)c3ccc(OC)c(OC)c3OC)nn2)cc1. The van der Waals surface area contributed by atoms with Gasteiger partial charge in [0.15, 0.2) is 34.4 Å². The second kappa shape index (κ2) is 26.5. The molecule has 0 unspecified atom stereocenters. The van der Waals surface area contributed by atoms with Crippen molar-refractivity contribution >= 4 is 23.6 Å². The molecule has 0 bridgehead atoms. The van der Waals surface area contributed by atoms with Crippen molar-refractivity contribution in [2.24, 2.45) is 0 Å². The zero-order valence-corrected chi connectivity index (χ0v) is 41.1. The van der Waals surface area contributed by atoms with E-state index in [9.17, 15) is 29.7 Å². The summed E-state index contributed by atoms with van der Waals surface area (Å²) in [5.74, 6) is 0.225. The number of carbonyl (C=O) groups excluding carboxylic acids is 4. The molecule has 0 aliphatic heterocycles. The third-order valence-corrected chi connectivity index (χ3v) is 10.9. The number of aromatic nitrogens is 6. The Bertz CT molecular complexity index is 2690. The van der Waals surface area contributed by atoms with E-state index in [2.05, 4.69) is 54.0 Å². The van der Waals surface area contributed by atoms with Gasteiger partial charge in [-0.25, -0.2) is 9.36 Å². The fourth-order valence-corrected chi connectivity index (χ4v) is 7.02. The molecule has 2 atom stereocenters. The van der Waals surface area contributed by atoms with E-state index in [1.54, 1.807) is 24.3 Å². The summed E-state index contributed by atoms with van der Waals surface area (Å²) in [5.41, 5.74) is 4.34. The van der Waals surface area contributed by atoms with Crippen molar-refractivity contribution in [3.8, 4) is 46.6 Å². The minimum atomic E-state index is -0.815. The lowest BCUT2D eigenvalue weighted by Gasteiger charge is -2.15. The molecule has 0 saturated heterocycles. The Morgan fingerprint density at radius 2 is 0.875 bits per heavy atom. The molecule has 0 fully saturated rings. The molecule has 0 aliphatic rings. The number of ether oxygens (including phenoxy) is 6. The number of methoxy groups -OCH3 is 6. The average Bonchev–Trinajstić information content (AvgIpc) is 4.11. The van der Waals surface area contributed by atoms with Crippen molar-refractivity contribution in [3.05, 3.63) is 130 Å². The van der Waals surface area contributed by atoms with Gasteiger partial charge in [0.2, 0.25) is 11.5 Å². The molecule has 6 rings (SSSR count). The van der Waals surface area contributed by atoms with E-state index in [1.807, 2.05) is 62.4 Å². The number of nitrogens with one attached hydrogen (secondary N) is 4. The fraction of sp³-hybridized carbons (Fsp3) is 0.320. The maximum absolute atomic E-state index is 12.7. The Morgan fingerprint density at radius 1 is 0.514 bits per heavy atom. The summed E-state index contributed by atoms with van der Waals surface area (Å²) >= 11 is 0. The van der Waals surface area contributed by atoms with E-state index in [-0.39, 0.29) is 72.0 Å². The van der Waals surface area contributed by atoms with Gasteiger partial charge >= 0.3 is 0 Å². The number of hydrogen-bond acceptors (Lipinski definition) is 16. The van der Waals surface area contributed by atoms with Gasteiger partial charge in [-0.05, 0) is 59.4 Å². The van der Waals surface area contributed by atoms with Crippen LogP contribution in [0.25, 0.3) is 0 Å². The zero-order valence-electron chi connectivity index (χ0n) is 41.1. The number of aryl methyl sites for hydroxylation is 2. The van der Waals surface area contributed by atoms with Gasteiger partial charge in [0.25, 0.3) is 23.6 Å². The van der Waals surface area contributed by atoms with Gasteiger partial charge in [0.1, 0.15) is 12.1 Å². The highest BCUT2D eigenvalue weighted by Crippen LogP contribution is 2.40.